The molecule has 5 aliphatic rings. The van der Waals surface area contributed by atoms with E-state index < -0.39 is 84.0 Å². The molecule has 772 valence electrons. The third-order valence-corrected chi connectivity index (χ3v) is 22.8. The van der Waals surface area contributed by atoms with Crippen LogP contribution in [0.3, 0.4) is 0 Å². The minimum absolute atomic E-state index is 0. The van der Waals surface area contributed by atoms with Crippen molar-refractivity contribution in [1.29, 1.82) is 10.5 Å². The molecule has 0 bridgehead atoms. The number of aromatic nitrogens is 1. The molecule has 5 saturated heterocycles. The number of nitrogens with two attached hydrogens (primary N) is 1. The molecule has 30 nitrogen and oxygen atoms in total. The van der Waals surface area contributed by atoms with Crippen LogP contribution in [-0.2, 0) is 97.0 Å². The maximum atomic E-state index is 12.4. The number of likely N-dealkylation sites (tertiary alicyclic amines) is 2. The monoisotopic (exact) mass is 2130 g/mol. The highest BCUT2D eigenvalue weighted by molar-refractivity contribution is 7.54. The number of alkyl halides is 2. The fourth-order valence-corrected chi connectivity index (χ4v) is 15.9. The van der Waals surface area contributed by atoms with Crippen molar-refractivity contribution >= 4 is 119 Å². The van der Waals surface area contributed by atoms with Crippen LogP contribution in [0.2, 0.25) is 5.15 Å². The number of carboxylic acids is 2. The molecular formula is C105H148Cl3IN9O21P. The molecule has 0 saturated carbocycles. The highest BCUT2D eigenvalue weighted by atomic mass is 127. The number of anilines is 3. The average molecular weight is 2140 g/mol. The molecule has 0 spiro atoms. The number of benzene rings is 5. The third-order valence-electron chi connectivity index (χ3n) is 20.5. The number of hydrogen-bond donors (Lipinski definition) is 4. The van der Waals surface area contributed by atoms with Gasteiger partial charge in [-0.15, -0.1) is 23.2 Å². The van der Waals surface area contributed by atoms with E-state index in [1.165, 1.54) is 32.4 Å². The van der Waals surface area contributed by atoms with Gasteiger partial charge in [-0.2, -0.15) is 15.1 Å². The second-order valence-electron chi connectivity index (χ2n) is 36.1. The summed E-state index contributed by atoms with van der Waals surface area (Å²) < 4.78 is 54.5. The Labute approximate surface area is 861 Å². The standard InChI is InChI=1S/C21H29NO4.C19H22N2O4.C15H19NO3.C12H19NO4.C11H14N2O.C10H21O5P.C8H7N.C6H7ClN.CH2Cl2.2CH4.HI/c1-15(17-9-7-6-8-10-17)22-12-11-16(13-18(22)20(24)25-5)14-19(23)26-21(2,3)4;1-19(2,3)25-17(22)11-13-7-8-21(16(10-13)18(23)24)15-6-4-5-14(9-15)12-20;1-11(12-6-4-3-5-7-12)16-9-8-13(17)10-14(16)15(18)19-2;1-12(2,3)17-10(14)7-8-4-5-13-9(6-8)11(15)16;12-9-4-6-10(7-5-9)13-8-2-1-3-11(13)14;1-6-13-16(12,14-7-2)8-9(11)15-10(3,4)5;1-7-3-2-4-8(5-7)6-9;1-8-5-3-2-4-6(8)7;2-1-3;;;/h6-10,14-15,18H,11-13H2,1-5H3;4-6,9,11,16H,7-8,10H2,1-3H3,(H,23,24);3-7,11,14H,8-10H2,1-2H3;7,9,13H,4-6H2,1-3H3,(H,15,16);4-7H,1-3,8,12H2;6-8H2,1-5H3;2-5H,1H3;2-5H,1H3;1H2;2*1H4;1H/q;;;;;;;+1;;;;/p-1/b16-14-;13-11-;;8-7-;;;;;;;;/t15-,18-;16-;11-,14-;9-;;;;;;;;/m0000......../s1. The number of nitrogens with one attached hydrogen (secondary N) is 1. The van der Waals surface area contributed by atoms with Gasteiger partial charge in [0.1, 0.15) is 65.6 Å². The van der Waals surface area contributed by atoms with Crippen molar-refractivity contribution in [2.75, 3.05) is 87.2 Å². The first-order chi connectivity index (χ1) is 64.3. The zero-order valence-electron chi connectivity index (χ0n) is 83.2. The zero-order valence-corrected chi connectivity index (χ0v) is 88.5. The molecule has 5 aromatic carbocycles. The summed E-state index contributed by atoms with van der Waals surface area (Å²) in [6.07, 6.45) is 12.5. The summed E-state index contributed by atoms with van der Waals surface area (Å²) in [5.41, 5.74) is 12.9. The van der Waals surface area contributed by atoms with E-state index in [0.29, 0.717) is 76.0 Å². The first kappa shape index (κ1) is 130. The van der Waals surface area contributed by atoms with Gasteiger partial charge in [0.2, 0.25) is 5.91 Å². The van der Waals surface area contributed by atoms with Crippen molar-refractivity contribution in [1.82, 2.24) is 15.1 Å². The lowest BCUT2D eigenvalue weighted by Crippen LogP contribution is -3.00. The van der Waals surface area contributed by atoms with E-state index in [4.69, 9.17) is 93.6 Å². The quantitative estimate of drug-likeness (QED) is 0.00673. The maximum absolute atomic E-state index is 12.4. The van der Waals surface area contributed by atoms with E-state index >= 15 is 0 Å². The van der Waals surface area contributed by atoms with Crippen LogP contribution in [0.4, 0.5) is 17.1 Å². The van der Waals surface area contributed by atoms with Crippen molar-refractivity contribution in [2.24, 2.45) is 7.05 Å². The van der Waals surface area contributed by atoms with Crippen LogP contribution >= 0.6 is 42.4 Å². The van der Waals surface area contributed by atoms with Gasteiger partial charge in [0.15, 0.2) is 6.20 Å². The van der Waals surface area contributed by atoms with Crippen molar-refractivity contribution in [2.45, 2.75) is 262 Å². The number of nitrogen functional groups attached to an aromatic ring is 1. The molecule has 0 aliphatic carbocycles. The number of amides is 1. The number of hydrogen-bond acceptors (Lipinski definition) is 26. The van der Waals surface area contributed by atoms with E-state index in [1.807, 2.05) is 160 Å². The minimum Gasteiger partial charge on any atom is -1.00 e. The Kier molecular flexibility index (Phi) is 60.7. The Balaban J connectivity index is 0.00000160. The molecule has 6 aromatic rings. The number of pyridine rings is 1. The fourth-order valence-electron chi connectivity index (χ4n) is 14.3. The molecule has 1 aromatic heterocycles. The van der Waals surface area contributed by atoms with Gasteiger partial charge in [0.25, 0.3) is 5.15 Å². The number of carboxylic acid groups (broad SMARTS) is 2. The van der Waals surface area contributed by atoms with Crippen LogP contribution in [0.15, 0.2) is 193 Å². The summed E-state index contributed by atoms with van der Waals surface area (Å²) >= 11 is 15.2. The Bertz CT molecular complexity index is 5080. The van der Waals surface area contributed by atoms with Gasteiger partial charge in [-0.25, -0.2) is 19.2 Å². The van der Waals surface area contributed by atoms with Gasteiger partial charge < -0.3 is 92.5 Å². The number of nitriles is 2. The number of halogens is 4. The maximum Gasteiger partial charge on any atom is 0.341 e. The Morgan fingerprint density at radius 2 is 0.986 bits per heavy atom. The average Bonchev–Trinajstić information content (AvgIpc) is 0.810. The predicted octanol–water partition coefficient (Wildman–Crippen LogP) is 16.7. The van der Waals surface area contributed by atoms with Crippen molar-refractivity contribution in [3.05, 3.63) is 226 Å². The molecular weight excluding hydrogens is 1990 g/mol. The summed E-state index contributed by atoms with van der Waals surface area (Å²) in [7, 11) is 1.34. The predicted molar refractivity (Wildman–Crippen MR) is 545 cm³/mol. The van der Waals surface area contributed by atoms with E-state index in [1.54, 1.807) is 111 Å². The number of piperidine rings is 5. The van der Waals surface area contributed by atoms with Gasteiger partial charge in [0, 0.05) is 111 Å². The molecule has 0 unspecified atom stereocenters. The number of esters is 6. The number of ketones is 1. The number of carbonyl (C=O) groups excluding carboxylic acids is 8. The van der Waals surface area contributed by atoms with Crippen LogP contribution in [-0.4, -0.2) is 198 Å². The van der Waals surface area contributed by atoms with E-state index in [9.17, 15) is 57.6 Å². The zero-order chi connectivity index (χ0) is 103. The number of carbonyl (C=O) groups is 10. The smallest absolute Gasteiger partial charge is 0.341 e. The van der Waals surface area contributed by atoms with Crippen LogP contribution in [0.1, 0.15) is 236 Å². The lowest BCUT2D eigenvalue weighted by Gasteiger charge is -2.39. The largest absolute Gasteiger partial charge is 1.00 e. The number of aliphatic carboxylic acids is 2. The highest BCUT2D eigenvalue weighted by Gasteiger charge is 2.39. The van der Waals surface area contributed by atoms with Gasteiger partial charge in [0.05, 0.1) is 56.0 Å². The van der Waals surface area contributed by atoms with Crippen LogP contribution < -0.4 is 49.4 Å². The number of Topliss-reactive ketones (excluding diaryl/α,β-unsaturated/α-hetero) is 1. The van der Waals surface area contributed by atoms with E-state index in [0.717, 1.165) is 81.3 Å². The number of aryl methyl sites for hydroxylation is 2. The summed E-state index contributed by atoms with van der Waals surface area (Å²) in [5.74, 6) is -3.88. The van der Waals surface area contributed by atoms with E-state index in [2.05, 4.69) is 53.2 Å². The second kappa shape index (κ2) is 65.6. The molecule has 1 amide bonds. The first-order valence-electron chi connectivity index (χ1n) is 45.3. The molecule has 140 heavy (non-hydrogen) atoms. The van der Waals surface area contributed by atoms with Gasteiger partial charge in [-0.3, -0.25) is 43.1 Å². The number of nitrogens with zero attached hydrogens (tertiary/aromatic N) is 7. The van der Waals surface area contributed by atoms with Crippen LogP contribution in [0.25, 0.3) is 0 Å². The van der Waals surface area contributed by atoms with Gasteiger partial charge >= 0.3 is 55.4 Å². The summed E-state index contributed by atoms with van der Waals surface area (Å²) in [6.45, 7) is 34.7. The lowest BCUT2D eigenvalue weighted by molar-refractivity contribution is -0.669. The molecule has 6 atom stereocenters. The Morgan fingerprint density at radius 1 is 0.550 bits per heavy atom. The van der Waals surface area contributed by atoms with E-state index in [-0.39, 0.29) is 118 Å². The normalized spacial score (nSPS) is 17.6. The second-order valence-corrected chi connectivity index (χ2v) is 39.4. The molecule has 0 radical (unpaired) electrons. The minimum atomic E-state index is -3.34. The molecule has 11 rings (SSSR count). The van der Waals surface area contributed by atoms with Crippen LogP contribution in [0.5, 0.6) is 0 Å². The van der Waals surface area contributed by atoms with Crippen molar-refractivity contribution in [3.8, 4) is 12.1 Å². The highest BCUT2D eigenvalue weighted by Crippen LogP contribution is 2.48. The molecule has 5 N–H and O–H groups in total. The fraction of sp³-hybridized carbons (Fsp3) is 0.495. The van der Waals surface area contributed by atoms with Crippen molar-refractivity contribution in [3.63, 3.8) is 0 Å². The summed E-state index contributed by atoms with van der Waals surface area (Å²) in [5, 5.41) is 39.7. The Morgan fingerprint density at radius 3 is 1.39 bits per heavy atom. The molecule has 35 heteroatoms. The first-order valence-corrected chi connectivity index (χ1v) is 48.5. The van der Waals surface area contributed by atoms with Gasteiger partial charge in [-0.05, 0) is 258 Å². The lowest BCUT2D eigenvalue weighted by atomic mass is 9.93. The Hall–Kier alpha value is -10.4. The number of rotatable bonds is 19. The van der Waals surface area contributed by atoms with Crippen LogP contribution in [0, 0.1) is 29.6 Å². The van der Waals surface area contributed by atoms with Gasteiger partial charge in [-0.1, -0.05) is 110 Å². The molecule has 5 aliphatic heterocycles. The molecule has 5 fully saturated rings. The van der Waals surface area contributed by atoms with Crippen molar-refractivity contribution < 1.29 is 129 Å². The topological polar surface area (TPSA) is 405 Å². The molecule has 6 heterocycles. The summed E-state index contributed by atoms with van der Waals surface area (Å²) in [6, 6.07) is 49.7. The SMILES string of the molecule is C.C.CC(C)(C)OC(=O)/C=C1/CCN(c2cccc(C#N)c2)[C@H](C(=O)O)C1.CC(C)(C)OC(=O)/C=C1/CCN[C@H](C(=O)O)C1.CCOP(=O)(CC(=O)OC(C)(C)C)OCC.COC(=O)[C@@H]1C/C(=C\C(=O)OC(C)(C)C)CCN1[C@@H](C)c1ccccc1.COC(=O)[C@@H]1CC(=O)CCN1[C@@H](C)c1ccccc1.C[n+]1ccccc1Cl.Cc1cccc(C#N)c1.ClCCl.Nc1ccc(N2CCCCC2=O)cc1.[I-]. The number of ether oxygens (including phenoxy) is 6. The summed E-state index contributed by atoms with van der Waals surface area (Å²) in [4.78, 5) is 125. The number of methoxy groups -OCH3 is 2. The third kappa shape index (κ3) is 51.3.